The van der Waals surface area contributed by atoms with Gasteiger partial charge in [0.25, 0.3) is 0 Å². The van der Waals surface area contributed by atoms with E-state index in [0.717, 1.165) is 20.2 Å². The van der Waals surface area contributed by atoms with Crippen LogP contribution in [0.3, 0.4) is 0 Å². The molecule has 1 aliphatic heterocycles. The quantitative estimate of drug-likeness (QED) is 0.637. The van der Waals surface area contributed by atoms with Gasteiger partial charge in [-0.05, 0) is 6.92 Å². The van der Waals surface area contributed by atoms with Crippen molar-refractivity contribution in [2.75, 3.05) is 26.7 Å². The van der Waals surface area contributed by atoms with E-state index < -0.39 is 7.82 Å². The second-order valence-electron chi connectivity index (χ2n) is 2.93. The molecule has 6 nitrogen and oxygen atoms in total. The maximum absolute atomic E-state index is 11.0. The molecule has 2 N–H and O–H groups in total. The minimum atomic E-state index is -3.88. The topological polar surface area (TPSA) is 71.0 Å². The molecule has 1 rings (SSSR count). The number of nitrogens with one attached hydrogen (secondary N) is 1. The lowest BCUT2D eigenvalue weighted by Gasteiger charge is -2.32. The highest BCUT2D eigenvalue weighted by molar-refractivity contribution is 7.47. The zero-order chi connectivity index (χ0) is 9.90. The Kier molecular flexibility index (Phi) is 3.85. The van der Waals surface area contributed by atoms with E-state index in [1.807, 2.05) is 6.92 Å². The molecule has 0 aromatic rings. The number of rotatable bonds is 3. The standard InChI is InChI=1S/C6H15N2O4P/c1-6-5-7-3-4-8(6)12-13(9,10)11-2/h6-7H,3-5H2,1-2H3,(H,9,10). The Bertz CT molecular complexity index is 213. The number of phosphoric ester groups is 1. The Morgan fingerprint density at radius 3 is 2.92 bits per heavy atom. The molecule has 0 saturated carbocycles. The first-order valence-corrected chi connectivity index (χ1v) is 5.60. The van der Waals surface area contributed by atoms with Crippen molar-refractivity contribution >= 4 is 7.82 Å². The highest BCUT2D eigenvalue weighted by Crippen LogP contribution is 2.43. The number of piperazine rings is 1. The van der Waals surface area contributed by atoms with Crippen LogP contribution in [0, 0.1) is 0 Å². The molecule has 0 bridgehead atoms. The summed E-state index contributed by atoms with van der Waals surface area (Å²) in [5.41, 5.74) is 0. The third kappa shape index (κ3) is 3.34. The highest BCUT2D eigenvalue weighted by Gasteiger charge is 2.28. The van der Waals surface area contributed by atoms with Crippen molar-refractivity contribution in [2.45, 2.75) is 13.0 Å². The summed E-state index contributed by atoms with van der Waals surface area (Å²) in [5, 5.41) is 4.61. The number of hydrogen-bond donors (Lipinski definition) is 2. The Morgan fingerprint density at radius 2 is 2.38 bits per heavy atom. The monoisotopic (exact) mass is 210 g/mol. The number of nitrogens with zero attached hydrogens (tertiary/aromatic N) is 1. The van der Waals surface area contributed by atoms with Crippen LogP contribution in [0.15, 0.2) is 0 Å². The van der Waals surface area contributed by atoms with Gasteiger partial charge in [0, 0.05) is 32.8 Å². The third-order valence-electron chi connectivity index (χ3n) is 1.88. The van der Waals surface area contributed by atoms with Gasteiger partial charge in [-0.25, -0.2) is 4.57 Å². The third-order valence-corrected chi connectivity index (χ3v) is 2.76. The Labute approximate surface area is 77.4 Å². The molecule has 2 unspecified atom stereocenters. The molecule has 78 valence electrons. The molecular weight excluding hydrogens is 195 g/mol. The van der Waals surface area contributed by atoms with Crippen LogP contribution in [0.2, 0.25) is 0 Å². The zero-order valence-corrected chi connectivity index (χ0v) is 8.66. The Morgan fingerprint density at radius 1 is 1.69 bits per heavy atom. The lowest BCUT2D eigenvalue weighted by molar-refractivity contribution is -0.120. The fourth-order valence-electron chi connectivity index (χ4n) is 1.11. The van der Waals surface area contributed by atoms with E-state index in [1.54, 1.807) is 0 Å². The zero-order valence-electron chi connectivity index (χ0n) is 7.77. The van der Waals surface area contributed by atoms with E-state index in [9.17, 15) is 4.57 Å². The van der Waals surface area contributed by atoms with E-state index in [0.29, 0.717) is 6.54 Å². The van der Waals surface area contributed by atoms with Gasteiger partial charge in [-0.15, -0.1) is 0 Å². The molecule has 1 heterocycles. The van der Waals surface area contributed by atoms with Crippen LogP contribution in [0.25, 0.3) is 0 Å². The van der Waals surface area contributed by atoms with E-state index in [4.69, 9.17) is 9.52 Å². The molecule has 1 saturated heterocycles. The van der Waals surface area contributed by atoms with Gasteiger partial charge in [0.2, 0.25) is 0 Å². The normalized spacial score (nSPS) is 29.9. The highest BCUT2D eigenvalue weighted by atomic mass is 31.2. The molecular formula is C6H15N2O4P. The maximum Gasteiger partial charge on any atom is 0.488 e. The summed E-state index contributed by atoms with van der Waals surface area (Å²) in [6, 6.07) is 0.0735. The van der Waals surface area contributed by atoms with Gasteiger partial charge in [0.05, 0.1) is 0 Å². The average molecular weight is 210 g/mol. The summed E-state index contributed by atoms with van der Waals surface area (Å²) in [4.78, 5) is 9.04. The fraction of sp³-hybridized carbons (Fsp3) is 1.00. The number of phosphoric acid groups is 1. The first kappa shape index (κ1) is 11.1. The molecule has 0 radical (unpaired) electrons. The summed E-state index contributed by atoms with van der Waals surface area (Å²) in [7, 11) is -2.73. The van der Waals surface area contributed by atoms with E-state index in [1.165, 1.54) is 5.06 Å². The lowest BCUT2D eigenvalue weighted by Crippen LogP contribution is -2.49. The summed E-state index contributed by atoms with van der Waals surface area (Å²) in [5.74, 6) is 0. The van der Waals surface area contributed by atoms with E-state index >= 15 is 0 Å². The molecule has 2 atom stereocenters. The molecule has 0 amide bonds. The Hall–Kier alpha value is 0.0300. The molecule has 1 fully saturated rings. The van der Waals surface area contributed by atoms with Crippen molar-refractivity contribution in [3.05, 3.63) is 0 Å². The van der Waals surface area contributed by atoms with Crippen LogP contribution in [0.4, 0.5) is 0 Å². The first-order chi connectivity index (χ1) is 6.05. The SMILES string of the molecule is COP(=O)(O)ON1CCNCC1C. The minimum absolute atomic E-state index is 0.0735. The van der Waals surface area contributed by atoms with Crippen molar-refractivity contribution in [1.29, 1.82) is 0 Å². The van der Waals surface area contributed by atoms with Gasteiger partial charge in [-0.1, -0.05) is 0 Å². The molecule has 13 heavy (non-hydrogen) atoms. The molecule has 0 aromatic heterocycles. The molecule has 0 spiro atoms. The number of hydrogen-bond acceptors (Lipinski definition) is 5. The molecule has 0 aromatic carbocycles. The van der Waals surface area contributed by atoms with Crippen LogP contribution in [0.1, 0.15) is 6.92 Å². The predicted molar refractivity (Wildman–Crippen MR) is 47.0 cm³/mol. The van der Waals surface area contributed by atoms with Gasteiger partial charge in [0.15, 0.2) is 0 Å². The summed E-state index contributed by atoms with van der Waals surface area (Å²) in [6.45, 7) is 3.97. The molecule has 7 heteroatoms. The molecule has 1 aliphatic rings. The van der Waals surface area contributed by atoms with Crippen molar-refractivity contribution in [3.63, 3.8) is 0 Å². The van der Waals surface area contributed by atoms with Crippen LogP contribution in [0.5, 0.6) is 0 Å². The van der Waals surface area contributed by atoms with Gasteiger partial charge < -0.3 is 10.2 Å². The average Bonchev–Trinajstić information content (AvgIpc) is 2.09. The smallest absolute Gasteiger partial charge is 0.314 e. The van der Waals surface area contributed by atoms with Gasteiger partial charge in [-0.2, -0.15) is 9.69 Å². The van der Waals surface area contributed by atoms with Crippen molar-refractivity contribution < 1.29 is 18.6 Å². The van der Waals surface area contributed by atoms with E-state index in [2.05, 4.69) is 9.84 Å². The first-order valence-electron chi connectivity index (χ1n) is 4.11. The van der Waals surface area contributed by atoms with Crippen LogP contribution >= 0.6 is 7.82 Å². The van der Waals surface area contributed by atoms with Gasteiger partial charge >= 0.3 is 7.82 Å². The number of hydroxylamine groups is 2. The summed E-state index contributed by atoms with van der Waals surface area (Å²) in [6.07, 6.45) is 0. The van der Waals surface area contributed by atoms with Crippen molar-refractivity contribution in [2.24, 2.45) is 0 Å². The van der Waals surface area contributed by atoms with Crippen LogP contribution in [-0.4, -0.2) is 42.7 Å². The second kappa shape index (κ2) is 4.50. The molecule has 0 aliphatic carbocycles. The van der Waals surface area contributed by atoms with E-state index in [-0.39, 0.29) is 6.04 Å². The van der Waals surface area contributed by atoms with Gasteiger partial charge in [0.1, 0.15) is 0 Å². The maximum atomic E-state index is 11.0. The Balaban J connectivity index is 2.47. The van der Waals surface area contributed by atoms with Crippen molar-refractivity contribution in [3.8, 4) is 0 Å². The minimum Gasteiger partial charge on any atom is -0.314 e. The second-order valence-corrected chi connectivity index (χ2v) is 4.39. The van der Waals surface area contributed by atoms with Crippen molar-refractivity contribution in [1.82, 2.24) is 10.4 Å². The van der Waals surface area contributed by atoms with Gasteiger partial charge in [-0.3, -0.25) is 4.52 Å². The fourth-order valence-corrected chi connectivity index (χ4v) is 1.68. The predicted octanol–water partition coefficient (Wildman–Crippen LogP) is -0.0415. The lowest BCUT2D eigenvalue weighted by atomic mass is 10.3. The largest absolute Gasteiger partial charge is 0.488 e. The summed E-state index contributed by atoms with van der Waals surface area (Å²) >= 11 is 0. The summed E-state index contributed by atoms with van der Waals surface area (Å²) < 4.78 is 20.2. The van der Waals surface area contributed by atoms with Crippen LogP contribution in [-0.2, 0) is 13.7 Å². The van der Waals surface area contributed by atoms with Crippen LogP contribution < -0.4 is 5.32 Å².